The summed E-state index contributed by atoms with van der Waals surface area (Å²) in [4.78, 5) is 29.0. The number of H-pyrrole nitrogens is 1. The van der Waals surface area contributed by atoms with E-state index in [0.717, 1.165) is 0 Å². The van der Waals surface area contributed by atoms with Crippen LogP contribution in [0.3, 0.4) is 0 Å². The molecule has 0 bridgehead atoms. The van der Waals surface area contributed by atoms with Gasteiger partial charge >= 0.3 is 5.97 Å². The smallest absolute Gasteiger partial charge is 0.343 e. The molecule has 0 fully saturated rings. The molecule has 10 heteroatoms. The van der Waals surface area contributed by atoms with Gasteiger partial charge in [-0.3, -0.25) is 4.79 Å². The van der Waals surface area contributed by atoms with Gasteiger partial charge in [0.05, 0.1) is 25.5 Å². The number of hydrogen-bond donors (Lipinski definition) is 2. The van der Waals surface area contributed by atoms with E-state index in [4.69, 9.17) is 25.8 Å². The summed E-state index contributed by atoms with van der Waals surface area (Å²) in [5.41, 5.74) is 5.19. The molecule has 0 saturated carbocycles. The summed E-state index contributed by atoms with van der Waals surface area (Å²) < 4.78 is 30.5. The van der Waals surface area contributed by atoms with E-state index in [0.29, 0.717) is 56.3 Å². The first-order valence-corrected chi connectivity index (χ1v) is 13.3. The van der Waals surface area contributed by atoms with E-state index in [-0.39, 0.29) is 11.4 Å². The molecule has 0 saturated heterocycles. The first-order valence-electron chi connectivity index (χ1n) is 12.9. The Morgan fingerprint density at radius 3 is 2.62 bits per heavy atom. The van der Waals surface area contributed by atoms with Crippen molar-refractivity contribution in [2.75, 3.05) is 13.7 Å². The fraction of sp³-hybridized carbons (Fsp3) is 0.0938. The van der Waals surface area contributed by atoms with E-state index in [1.807, 2.05) is 0 Å². The Morgan fingerprint density at radius 2 is 1.83 bits per heavy atom. The number of methoxy groups -OCH3 is 1. The van der Waals surface area contributed by atoms with Crippen molar-refractivity contribution in [1.82, 2.24) is 10.4 Å². The number of rotatable bonds is 9. The first-order chi connectivity index (χ1) is 20.4. The largest absolute Gasteiger partial charge is 0.497 e. The highest BCUT2D eigenvalue weighted by molar-refractivity contribution is 6.34. The Hall–Kier alpha value is -5.15. The van der Waals surface area contributed by atoms with Gasteiger partial charge in [0.2, 0.25) is 0 Å². The van der Waals surface area contributed by atoms with Gasteiger partial charge in [-0.15, -0.1) is 0 Å². The topological polar surface area (TPSA) is 102 Å². The van der Waals surface area contributed by atoms with Crippen molar-refractivity contribution >= 4 is 40.6 Å². The van der Waals surface area contributed by atoms with Gasteiger partial charge in [0.1, 0.15) is 17.3 Å². The van der Waals surface area contributed by atoms with Crippen molar-refractivity contribution < 1.29 is 28.2 Å². The summed E-state index contributed by atoms with van der Waals surface area (Å²) in [5, 5.41) is 5.02. The van der Waals surface area contributed by atoms with Crippen LogP contribution in [0.5, 0.6) is 17.2 Å². The highest BCUT2D eigenvalue weighted by atomic mass is 35.5. The lowest BCUT2D eigenvalue weighted by Crippen LogP contribution is -2.19. The zero-order valence-corrected chi connectivity index (χ0v) is 23.4. The molecule has 0 aliphatic rings. The molecule has 1 amide bonds. The van der Waals surface area contributed by atoms with Gasteiger partial charge in [0, 0.05) is 27.1 Å². The Balaban J connectivity index is 1.37. The van der Waals surface area contributed by atoms with E-state index < -0.39 is 17.7 Å². The summed E-state index contributed by atoms with van der Waals surface area (Å²) in [6, 6.07) is 22.7. The van der Waals surface area contributed by atoms with Gasteiger partial charge in [-0.2, -0.15) is 5.10 Å². The van der Waals surface area contributed by atoms with Crippen molar-refractivity contribution in [2.45, 2.75) is 6.92 Å². The van der Waals surface area contributed by atoms with Gasteiger partial charge < -0.3 is 19.2 Å². The number of ether oxygens (including phenoxy) is 3. The summed E-state index contributed by atoms with van der Waals surface area (Å²) in [6.45, 7) is 2.13. The summed E-state index contributed by atoms with van der Waals surface area (Å²) in [5.74, 6) is -0.491. The van der Waals surface area contributed by atoms with Crippen molar-refractivity contribution in [1.29, 1.82) is 0 Å². The average molecular weight is 586 g/mol. The second-order valence-electron chi connectivity index (χ2n) is 9.00. The van der Waals surface area contributed by atoms with Gasteiger partial charge in [-0.05, 0) is 73.2 Å². The number of aromatic nitrogens is 1. The predicted octanol–water partition coefficient (Wildman–Crippen LogP) is 7.02. The van der Waals surface area contributed by atoms with E-state index in [9.17, 15) is 14.0 Å². The molecule has 0 unspecified atom stereocenters. The molecule has 2 N–H and O–H groups in total. The minimum Gasteiger partial charge on any atom is -0.497 e. The number of hydrogen-bond acceptors (Lipinski definition) is 6. The van der Waals surface area contributed by atoms with Gasteiger partial charge in [-0.1, -0.05) is 35.9 Å². The normalized spacial score (nSPS) is 11.0. The third-order valence-corrected chi connectivity index (χ3v) is 6.62. The maximum atomic E-state index is 14.1. The zero-order valence-electron chi connectivity index (χ0n) is 22.6. The van der Waals surface area contributed by atoms with Crippen LogP contribution in [0.4, 0.5) is 4.39 Å². The average Bonchev–Trinajstić information content (AvgIpc) is 3.37. The highest BCUT2D eigenvalue weighted by Crippen LogP contribution is 2.37. The molecule has 42 heavy (non-hydrogen) atoms. The quantitative estimate of drug-likeness (QED) is 0.0838. The Morgan fingerprint density at radius 1 is 1.00 bits per heavy atom. The SMILES string of the molecule is CCOc1cc(C=NNC(=O)c2[nH]c3ccc(F)cc3c2-c2ccccc2Cl)ccc1OC(=O)c1cccc(OC)c1. The van der Waals surface area contributed by atoms with Crippen LogP contribution in [0.25, 0.3) is 22.0 Å². The van der Waals surface area contributed by atoms with Crippen LogP contribution in [0.15, 0.2) is 90.0 Å². The molecule has 212 valence electrons. The summed E-state index contributed by atoms with van der Waals surface area (Å²) >= 11 is 6.43. The van der Waals surface area contributed by atoms with Gasteiger partial charge in [-0.25, -0.2) is 14.6 Å². The minimum atomic E-state index is -0.573. The first kappa shape index (κ1) is 28.4. The fourth-order valence-corrected chi connectivity index (χ4v) is 4.60. The standard InChI is InChI=1S/C32H25ClFN3O5/c1-3-41-28-15-19(11-14-27(28)42-32(39)20-7-6-8-22(16-20)40-2)18-35-37-31(38)30-29(23-9-4-5-10-25(23)33)24-17-21(34)12-13-26(24)36-30/h4-18,36H,3H2,1-2H3,(H,37,38). The van der Waals surface area contributed by atoms with Crippen LogP contribution in [0.1, 0.15) is 33.3 Å². The number of hydrazone groups is 1. The predicted molar refractivity (Wildman–Crippen MR) is 159 cm³/mol. The molecule has 0 atom stereocenters. The van der Waals surface area contributed by atoms with E-state index in [1.54, 1.807) is 79.7 Å². The van der Waals surface area contributed by atoms with Gasteiger partial charge in [0.15, 0.2) is 11.5 Å². The molecule has 5 aromatic rings. The van der Waals surface area contributed by atoms with E-state index in [2.05, 4.69) is 15.5 Å². The number of amides is 1. The molecule has 1 heterocycles. The molecule has 1 aromatic heterocycles. The van der Waals surface area contributed by atoms with Crippen molar-refractivity contribution in [2.24, 2.45) is 5.10 Å². The lowest BCUT2D eigenvalue weighted by Gasteiger charge is -2.11. The van der Waals surface area contributed by atoms with Crippen molar-refractivity contribution in [3.63, 3.8) is 0 Å². The van der Waals surface area contributed by atoms with Crippen LogP contribution in [-0.4, -0.2) is 36.8 Å². The maximum Gasteiger partial charge on any atom is 0.343 e. The Kier molecular flexibility index (Phi) is 8.50. The number of fused-ring (bicyclic) bond motifs is 1. The molecule has 0 spiro atoms. The molecular weight excluding hydrogens is 561 g/mol. The molecule has 0 aliphatic carbocycles. The lowest BCUT2D eigenvalue weighted by molar-refractivity contribution is 0.0727. The van der Waals surface area contributed by atoms with Crippen LogP contribution < -0.4 is 19.6 Å². The third kappa shape index (κ3) is 6.11. The maximum absolute atomic E-state index is 14.1. The summed E-state index contributed by atoms with van der Waals surface area (Å²) in [7, 11) is 1.51. The molecule has 5 rings (SSSR count). The zero-order chi connectivity index (χ0) is 29.6. The Labute approximate surface area is 245 Å². The molecule has 0 aliphatic heterocycles. The van der Waals surface area contributed by atoms with Crippen molar-refractivity contribution in [3.05, 3.63) is 113 Å². The molecular formula is C32H25ClFN3O5. The number of carbonyl (C=O) groups is 2. The van der Waals surface area contributed by atoms with Crippen LogP contribution in [0, 0.1) is 5.82 Å². The third-order valence-electron chi connectivity index (χ3n) is 6.29. The Bertz CT molecular complexity index is 1820. The van der Waals surface area contributed by atoms with Crippen molar-refractivity contribution in [3.8, 4) is 28.4 Å². The van der Waals surface area contributed by atoms with Crippen LogP contribution >= 0.6 is 11.6 Å². The van der Waals surface area contributed by atoms with Gasteiger partial charge in [0.25, 0.3) is 5.91 Å². The summed E-state index contributed by atoms with van der Waals surface area (Å²) in [6.07, 6.45) is 1.42. The number of benzene rings is 4. The molecule has 8 nitrogen and oxygen atoms in total. The second-order valence-corrected chi connectivity index (χ2v) is 9.41. The highest BCUT2D eigenvalue weighted by Gasteiger charge is 2.21. The number of halogens is 2. The molecule has 0 radical (unpaired) electrons. The lowest BCUT2D eigenvalue weighted by atomic mass is 10.0. The minimum absolute atomic E-state index is 0.177. The number of carbonyl (C=O) groups excluding carboxylic acids is 2. The monoisotopic (exact) mass is 585 g/mol. The van der Waals surface area contributed by atoms with Crippen LogP contribution in [-0.2, 0) is 0 Å². The molecule has 4 aromatic carbocycles. The number of nitrogens with zero attached hydrogens (tertiary/aromatic N) is 1. The fourth-order valence-electron chi connectivity index (χ4n) is 4.37. The van der Waals surface area contributed by atoms with Crippen LogP contribution in [0.2, 0.25) is 5.02 Å². The van der Waals surface area contributed by atoms with E-state index in [1.165, 1.54) is 25.5 Å². The number of aromatic amines is 1. The second kappa shape index (κ2) is 12.6. The van der Waals surface area contributed by atoms with E-state index >= 15 is 0 Å². The number of esters is 1. The number of nitrogens with one attached hydrogen (secondary N) is 2.